The highest BCUT2D eigenvalue weighted by Gasteiger charge is 2.13. The van der Waals surface area contributed by atoms with Crippen molar-refractivity contribution in [2.24, 2.45) is 0 Å². The molecule has 0 aliphatic carbocycles. The molecule has 1 heterocycles. The quantitative estimate of drug-likeness (QED) is 0.810. The lowest BCUT2D eigenvalue weighted by Gasteiger charge is -2.26. The topological polar surface area (TPSA) is 32.3 Å². The average Bonchev–Trinajstić information content (AvgIpc) is 2.58. The lowest BCUT2D eigenvalue weighted by molar-refractivity contribution is 0.102. The van der Waals surface area contributed by atoms with E-state index in [1.54, 1.807) is 0 Å². The molecule has 1 amide bonds. The van der Waals surface area contributed by atoms with E-state index < -0.39 is 5.82 Å². The van der Waals surface area contributed by atoms with Gasteiger partial charge in [-0.25, -0.2) is 4.39 Å². The summed E-state index contributed by atoms with van der Waals surface area (Å²) < 4.78 is 13.9. The lowest BCUT2D eigenvalue weighted by Crippen LogP contribution is -2.29. The van der Waals surface area contributed by atoms with Crippen LogP contribution < -0.4 is 5.32 Å². The Labute approximate surface area is 150 Å². The SMILES string of the molecule is O=C(Nc1cccc(CN2CCCCC2)c1)c1cc(F)ccc1Br. The third kappa shape index (κ3) is 4.42. The maximum absolute atomic E-state index is 13.4. The van der Waals surface area contributed by atoms with E-state index in [9.17, 15) is 9.18 Å². The number of hydrogen-bond donors (Lipinski definition) is 1. The first kappa shape index (κ1) is 17.1. The summed E-state index contributed by atoms with van der Waals surface area (Å²) in [6, 6.07) is 11.9. The first-order valence-corrected chi connectivity index (χ1v) is 8.99. The maximum Gasteiger partial charge on any atom is 0.256 e. The van der Waals surface area contributed by atoms with Gasteiger partial charge in [0.1, 0.15) is 5.82 Å². The molecular formula is C19H20BrFN2O. The maximum atomic E-state index is 13.4. The molecule has 126 valence electrons. The number of halogens is 2. The normalized spacial score (nSPS) is 15.2. The van der Waals surface area contributed by atoms with Gasteiger partial charge in [-0.1, -0.05) is 18.6 Å². The van der Waals surface area contributed by atoms with Crippen LogP contribution in [-0.2, 0) is 6.54 Å². The van der Waals surface area contributed by atoms with Crippen LogP contribution >= 0.6 is 15.9 Å². The second-order valence-corrected chi connectivity index (χ2v) is 6.97. The molecule has 1 fully saturated rings. The van der Waals surface area contributed by atoms with E-state index in [4.69, 9.17) is 0 Å². The fourth-order valence-electron chi connectivity index (χ4n) is 2.99. The second-order valence-electron chi connectivity index (χ2n) is 6.12. The molecule has 24 heavy (non-hydrogen) atoms. The number of anilines is 1. The highest BCUT2D eigenvalue weighted by Crippen LogP contribution is 2.21. The summed E-state index contributed by atoms with van der Waals surface area (Å²) in [5.74, 6) is -0.751. The number of rotatable bonds is 4. The van der Waals surface area contributed by atoms with Gasteiger partial charge in [0, 0.05) is 16.7 Å². The predicted molar refractivity (Wildman–Crippen MR) is 97.6 cm³/mol. The van der Waals surface area contributed by atoms with E-state index in [2.05, 4.69) is 32.2 Å². The Bertz CT molecular complexity index is 729. The Hall–Kier alpha value is -1.72. The summed E-state index contributed by atoms with van der Waals surface area (Å²) in [4.78, 5) is 14.8. The number of piperidine rings is 1. The van der Waals surface area contributed by atoms with Crippen molar-refractivity contribution in [2.75, 3.05) is 18.4 Å². The molecule has 1 aliphatic rings. The molecule has 0 bridgehead atoms. The summed E-state index contributed by atoms with van der Waals surface area (Å²) in [6.45, 7) is 3.16. The average molecular weight is 391 g/mol. The second kappa shape index (κ2) is 7.90. The van der Waals surface area contributed by atoms with Crippen molar-refractivity contribution in [2.45, 2.75) is 25.8 Å². The van der Waals surface area contributed by atoms with Crippen LogP contribution in [0.1, 0.15) is 35.2 Å². The van der Waals surface area contributed by atoms with Crippen molar-refractivity contribution >= 4 is 27.5 Å². The third-order valence-electron chi connectivity index (χ3n) is 4.21. The standard InChI is InChI=1S/C19H20BrFN2O/c20-18-8-7-15(21)12-17(18)19(24)22-16-6-4-5-14(11-16)13-23-9-2-1-3-10-23/h4-8,11-12H,1-3,9-10,13H2,(H,22,24). The summed E-state index contributed by atoms with van der Waals surface area (Å²) in [5, 5.41) is 2.85. The van der Waals surface area contributed by atoms with Crippen molar-refractivity contribution in [3.05, 3.63) is 63.9 Å². The van der Waals surface area contributed by atoms with Gasteiger partial charge in [-0.15, -0.1) is 0 Å². The molecule has 0 aromatic heterocycles. The Balaban J connectivity index is 1.69. The Morgan fingerprint density at radius 1 is 1.12 bits per heavy atom. The van der Waals surface area contributed by atoms with Gasteiger partial charge in [-0.3, -0.25) is 9.69 Å². The summed E-state index contributed by atoms with van der Waals surface area (Å²) >= 11 is 3.29. The molecule has 3 rings (SSSR count). The minimum atomic E-state index is -0.429. The van der Waals surface area contributed by atoms with Gasteiger partial charge >= 0.3 is 0 Å². The van der Waals surface area contributed by atoms with Crippen LogP contribution in [0.25, 0.3) is 0 Å². The molecule has 3 nitrogen and oxygen atoms in total. The summed E-state index contributed by atoms with van der Waals surface area (Å²) in [5.41, 5.74) is 2.19. The van der Waals surface area contributed by atoms with Crippen molar-refractivity contribution < 1.29 is 9.18 Å². The number of carbonyl (C=O) groups excluding carboxylic acids is 1. The van der Waals surface area contributed by atoms with Crippen LogP contribution in [0, 0.1) is 5.82 Å². The van der Waals surface area contributed by atoms with Crippen LogP contribution in [0.4, 0.5) is 10.1 Å². The van der Waals surface area contributed by atoms with E-state index in [0.717, 1.165) is 25.3 Å². The van der Waals surface area contributed by atoms with Crippen LogP contribution in [0.15, 0.2) is 46.9 Å². The molecule has 1 aliphatic heterocycles. The van der Waals surface area contributed by atoms with Crippen molar-refractivity contribution in [3.8, 4) is 0 Å². The Morgan fingerprint density at radius 2 is 1.92 bits per heavy atom. The van der Waals surface area contributed by atoms with Gasteiger partial charge in [0.15, 0.2) is 0 Å². The van der Waals surface area contributed by atoms with E-state index >= 15 is 0 Å². The van der Waals surface area contributed by atoms with E-state index in [1.807, 2.05) is 18.2 Å². The van der Waals surface area contributed by atoms with E-state index in [0.29, 0.717) is 4.47 Å². The van der Waals surface area contributed by atoms with Gasteiger partial charge in [-0.2, -0.15) is 0 Å². The van der Waals surface area contributed by atoms with Gasteiger partial charge in [0.05, 0.1) is 5.56 Å². The van der Waals surface area contributed by atoms with Crippen LogP contribution in [0.2, 0.25) is 0 Å². The Morgan fingerprint density at radius 3 is 2.71 bits per heavy atom. The minimum absolute atomic E-state index is 0.288. The van der Waals surface area contributed by atoms with Crippen molar-refractivity contribution in [3.63, 3.8) is 0 Å². The lowest BCUT2D eigenvalue weighted by atomic mass is 10.1. The molecule has 0 unspecified atom stereocenters. The molecule has 1 N–H and O–H groups in total. The highest BCUT2D eigenvalue weighted by atomic mass is 79.9. The van der Waals surface area contributed by atoms with Gasteiger partial charge in [-0.05, 0) is 77.8 Å². The van der Waals surface area contributed by atoms with Gasteiger partial charge < -0.3 is 5.32 Å². The van der Waals surface area contributed by atoms with Crippen molar-refractivity contribution in [1.82, 2.24) is 4.90 Å². The molecule has 0 spiro atoms. The summed E-state index contributed by atoms with van der Waals surface area (Å²) in [6.07, 6.45) is 3.82. The number of amides is 1. The highest BCUT2D eigenvalue weighted by molar-refractivity contribution is 9.10. The number of likely N-dealkylation sites (tertiary alicyclic amines) is 1. The van der Waals surface area contributed by atoms with Crippen molar-refractivity contribution in [1.29, 1.82) is 0 Å². The van der Waals surface area contributed by atoms with Crippen LogP contribution in [0.3, 0.4) is 0 Å². The predicted octanol–water partition coefficient (Wildman–Crippen LogP) is 4.83. The number of nitrogens with one attached hydrogen (secondary N) is 1. The third-order valence-corrected chi connectivity index (χ3v) is 4.90. The van der Waals surface area contributed by atoms with Gasteiger partial charge in [0.2, 0.25) is 0 Å². The monoisotopic (exact) mass is 390 g/mol. The zero-order valence-corrected chi connectivity index (χ0v) is 15.0. The van der Waals surface area contributed by atoms with E-state index in [-0.39, 0.29) is 11.5 Å². The van der Waals surface area contributed by atoms with Crippen LogP contribution in [-0.4, -0.2) is 23.9 Å². The Kier molecular flexibility index (Phi) is 5.63. The molecule has 0 radical (unpaired) electrons. The van der Waals surface area contributed by atoms with Gasteiger partial charge in [0.25, 0.3) is 5.91 Å². The van der Waals surface area contributed by atoms with Crippen LogP contribution in [0.5, 0.6) is 0 Å². The zero-order chi connectivity index (χ0) is 16.9. The molecule has 1 saturated heterocycles. The number of hydrogen-bond acceptors (Lipinski definition) is 2. The zero-order valence-electron chi connectivity index (χ0n) is 13.4. The number of nitrogens with zero attached hydrogens (tertiary/aromatic N) is 1. The first-order valence-electron chi connectivity index (χ1n) is 8.19. The molecule has 0 saturated carbocycles. The molecule has 0 atom stereocenters. The molecule has 2 aromatic carbocycles. The molecular weight excluding hydrogens is 371 g/mol. The fourth-order valence-corrected chi connectivity index (χ4v) is 3.42. The summed E-state index contributed by atoms with van der Waals surface area (Å²) in [7, 11) is 0. The largest absolute Gasteiger partial charge is 0.322 e. The number of benzene rings is 2. The number of carbonyl (C=O) groups is 1. The fraction of sp³-hybridized carbons (Fsp3) is 0.316. The minimum Gasteiger partial charge on any atom is -0.322 e. The molecule has 2 aromatic rings. The first-order chi connectivity index (χ1) is 11.6. The molecule has 5 heteroatoms. The van der Waals surface area contributed by atoms with E-state index in [1.165, 1.54) is 43.0 Å². The smallest absolute Gasteiger partial charge is 0.256 e.